The Morgan fingerprint density at radius 2 is 1.79 bits per heavy atom. The second-order valence-electron chi connectivity index (χ2n) is 6.85. The molecule has 0 atom stereocenters. The molecule has 0 saturated carbocycles. The number of rotatable bonds is 6. The van der Waals surface area contributed by atoms with E-state index in [1.807, 2.05) is 0 Å². The second kappa shape index (κ2) is 9.47. The van der Waals surface area contributed by atoms with Gasteiger partial charge in [0.2, 0.25) is 5.91 Å². The fraction of sp³-hybridized carbons (Fsp3) is 0.0435. The van der Waals surface area contributed by atoms with Crippen LogP contribution in [0.3, 0.4) is 0 Å². The topological polar surface area (TPSA) is 117 Å². The van der Waals surface area contributed by atoms with E-state index < -0.39 is 29.6 Å². The van der Waals surface area contributed by atoms with Gasteiger partial charge in [-0.05, 0) is 58.0 Å². The van der Waals surface area contributed by atoms with Crippen LogP contribution >= 0.6 is 27.7 Å². The first-order chi connectivity index (χ1) is 15.8. The van der Waals surface area contributed by atoms with Crippen LogP contribution in [-0.2, 0) is 9.59 Å². The van der Waals surface area contributed by atoms with Gasteiger partial charge in [-0.15, -0.1) is 0 Å². The first-order valence-electron chi connectivity index (χ1n) is 9.56. The van der Waals surface area contributed by atoms with Gasteiger partial charge in [-0.1, -0.05) is 30.3 Å². The van der Waals surface area contributed by atoms with Crippen molar-refractivity contribution in [2.24, 2.45) is 0 Å². The van der Waals surface area contributed by atoms with Crippen LogP contribution in [-0.4, -0.2) is 39.6 Å². The number of carboxylic acid groups (broad SMARTS) is 1. The number of carbonyl (C=O) groups is 4. The van der Waals surface area contributed by atoms with E-state index in [1.165, 1.54) is 12.1 Å². The van der Waals surface area contributed by atoms with Crippen LogP contribution in [0.1, 0.15) is 16.1 Å². The maximum atomic E-state index is 12.7. The number of amides is 3. The molecule has 0 radical (unpaired) electrons. The lowest BCUT2D eigenvalue weighted by Crippen LogP contribution is -2.36. The minimum Gasteiger partial charge on any atom is -0.478 e. The van der Waals surface area contributed by atoms with Crippen molar-refractivity contribution in [1.29, 1.82) is 0 Å². The Morgan fingerprint density at radius 3 is 2.55 bits per heavy atom. The minimum atomic E-state index is -1.09. The van der Waals surface area contributed by atoms with E-state index >= 15 is 0 Å². The molecule has 0 unspecified atom stereocenters. The van der Waals surface area contributed by atoms with Crippen molar-refractivity contribution in [2.75, 3.05) is 11.9 Å². The highest BCUT2D eigenvalue weighted by Gasteiger charge is 2.36. The van der Waals surface area contributed by atoms with Crippen LogP contribution in [0.2, 0.25) is 0 Å². The fourth-order valence-electron chi connectivity index (χ4n) is 3.12. The summed E-state index contributed by atoms with van der Waals surface area (Å²) >= 11 is 4.02. The summed E-state index contributed by atoms with van der Waals surface area (Å²) in [5.41, 5.74) is 0.992. The number of furan rings is 1. The molecule has 3 amide bonds. The fourth-order valence-corrected chi connectivity index (χ4v) is 4.32. The molecule has 0 spiro atoms. The molecule has 0 bridgehead atoms. The van der Waals surface area contributed by atoms with E-state index in [1.54, 1.807) is 54.6 Å². The lowest BCUT2D eigenvalue weighted by atomic mass is 10.1. The molecule has 2 heterocycles. The van der Waals surface area contributed by atoms with Crippen molar-refractivity contribution >= 4 is 62.5 Å². The monoisotopic (exact) mass is 526 g/mol. The van der Waals surface area contributed by atoms with E-state index in [9.17, 15) is 24.3 Å². The Balaban J connectivity index is 1.49. The van der Waals surface area contributed by atoms with Gasteiger partial charge < -0.3 is 14.8 Å². The number of hydrogen-bond acceptors (Lipinski definition) is 6. The van der Waals surface area contributed by atoms with Crippen molar-refractivity contribution in [3.05, 3.63) is 81.4 Å². The van der Waals surface area contributed by atoms with E-state index in [-0.39, 0.29) is 16.2 Å². The highest BCUT2D eigenvalue weighted by molar-refractivity contribution is 9.10. The van der Waals surface area contributed by atoms with E-state index in [0.717, 1.165) is 4.90 Å². The molecule has 166 valence electrons. The number of thioether (sulfide) groups is 1. The number of imide groups is 1. The normalized spacial score (nSPS) is 14.7. The van der Waals surface area contributed by atoms with Crippen molar-refractivity contribution in [2.45, 2.75) is 0 Å². The molecule has 1 fully saturated rings. The average molecular weight is 527 g/mol. The van der Waals surface area contributed by atoms with Crippen LogP contribution in [0.4, 0.5) is 10.5 Å². The average Bonchev–Trinajstić information content (AvgIpc) is 3.35. The zero-order valence-corrected chi connectivity index (χ0v) is 19.2. The van der Waals surface area contributed by atoms with E-state index in [2.05, 4.69) is 21.2 Å². The number of para-hydroxylation sites is 1. The second-order valence-corrected chi connectivity index (χ2v) is 8.70. The predicted molar refractivity (Wildman–Crippen MR) is 127 cm³/mol. The van der Waals surface area contributed by atoms with Crippen LogP contribution in [0.5, 0.6) is 0 Å². The Kier molecular flexibility index (Phi) is 6.47. The summed E-state index contributed by atoms with van der Waals surface area (Å²) in [5.74, 6) is -1.64. The number of carbonyl (C=O) groups excluding carboxylic acids is 3. The van der Waals surface area contributed by atoms with Crippen molar-refractivity contribution in [3.63, 3.8) is 0 Å². The van der Waals surface area contributed by atoms with Crippen LogP contribution in [0.15, 0.2) is 74.5 Å². The molecule has 10 heteroatoms. The summed E-state index contributed by atoms with van der Waals surface area (Å²) < 4.78 is 6.37. The minimum absolute atomic E-state index is 0.0785. The first-order valence-corrected chi connectivity index (χ1v) is 11.2. The number of nitrogens with one attached hydrogen (secondary N) is 1. The number of carboxylic acids is 1. The predicted octanol–water partition coefficient (Wildman–Crippen LogP) is 5.08. The van der Waals surface area contributed by atoms with Gasteiger partial charge in [0.15, 0.2) is 0 Å². The molecule has 1 saturated heterocycles. The van der Waals surface area contributed by atoms with Crippen LogP contribution in [0, 0.1) is 0 Å². The quantitative estimate of drug-likeness (QED) is 0.430. The van der Waals surface area contributed by atoms with Gasteiger partial charge in [-0.2, -0.15) is 0 Å². The lowest BCUT2D eigenvalue weighted by Gasteiger charge is -2.13. The number of halogens is 1. The molecule has 1 aliphatic rings. The van der Waals surface area contributed by atoms with Gasteiger partial charge in [0.05, 0.1) is 16.2 Å². The molecular formula is C23H15BrN2O6S. The third-order valence-electron chi connectivity index (χ3n) is 4.65. The number of aromatic carboxylic acids is 1. The van der Waals surface area contributed by atoms with Gasteiger partial charge in [0.1, 0.15) is 18.1 Å². The van der Waals surface area contributed by atoms with Crippen LogP contribution < -0.4 is 5.32 Å². The smallest absolute Gasteiger partial charge is 0.336 e. The zero-order valence-electron chi connectivity index (χ0n) is 16.8. The molecule has 8 nitrogen and oxygen atoms in total. The van der Waals surface area contributed by atoms with E-state index in [4.69, 9.17) is 4.42 Å². The third-order valence-corrected chi connectivity index (χ3v) is 6.25. The molecular weight excluding hydrogens is 512 g/mol. The Labute approximate surface area is 200 Å². The van der Waals surface area contributed by atoms with E-state index in [0.29, 0.717) is 33.2 Å². The van der Waals surface area contributed by atoms with Gasteiger partial charge in [-0.3, -0.25) is 19.3 Å². The molecule has 1 aliphatic heterocycles. The Hall–Kier alpha value is -3.63. The molecule has 2 aromatic carbocycles. The lowest BCUT2D eigenvalue weighted by molar-refractivity contribution is -0.127. The third kappa shape index (κ3) is 4.91. The molecule has 2 N–H and O–H groups in total. The maximum absolute atomic E-state index is 12.7. The van der Waals surface area contributed by atoms with Gasteiger partial charge in [0.25, 0.3) is 11.1 Å². The summed E-state index contributed by atoms with van der Waals surface area (Å²) in [6.07, 6.45) is 1.39. The maximum Gasteiger partial charge on any atom is 0.336 e. The molecule has 3 aromatic rings. The van der Waals surface area contributed by atoms with Crippen molar-refractivity contribution in [3.8, 4) is 11.3 Å². The molecule has 4 rings (SSSR count). The highest BCUT2D eigenvalue weighted by Crippen LogP contribution is 2.34. The van der Waals surface area contributed by atoms with Gasteiger partial charge in [-0.25, -0.2) is 4.79 Å². The summed E-state index contributed by atoms with van der Waals surface area (Å²) in [6.45, 7) is -0.432. The van der Waals surface area contributed by atoms with Crippen LogP contribution in [0.25, 0.3) is 17.4 Å². The molecule has 0 aliphatic carbocycles. The molecule has 33 heavy (non-hydrogen) atoms. The number of nitrogens with zero attached hydrogens (tertiary/aromatic N) is 1. The Morgan fingerprint density at radius 1 is 1.06 bits per heavy atom. The number of anilines is 1. The standard InChI is InChI=1S/C23H15BrN2O6S/c24-16-7-3-4-8-17(16)25-20(27)12-26-21(28)19(33-23(26)31)11-13-9-10-18(32-13)14-5-1-2-6-15(14)22(29)30/h1-11H,12H2,(H,25,27)(H,29,30)/b19-11-. The van der Waals surface area contributed by atoms with Gasteiger partial charge >= 0.3 is 5.97 Å². The zero-order chi connectivity index (χ0) is 23.5. The number of hydrogen-bond donors (Lipinski definition) is 2. The van der Waals surface area contributed by atoms with Crippen molar-refractivity contribution < 1.29 is 28.7 Å². The Bertz CT molecular complexity index is 1320. The largest absolute Gasteiger partial charge is 0.478 e. The highest BCUT2D eigenvalue weighted by atomic mass is 79.9. The summed E-state index contributed by atoms with van der Waals surface area (Å²) in [5, 5.41) is 11.4. The van der Waals surface area contributed by atoms with Gasteiger partial charge in [0, 0.05) is 16.1 Å². The summed E-state index contributed by atoms with van der Waals surface area (Å²) in [6, 6.07) is 16.5. The summed E-state index contributed by atoms with van der Waals surface area (Å²) in [4.78, 5) is 49.8. The number of benzene rings is 2. The summed E-state index contributed by atoms with van der Waals surface area (Å²) in [7, 11) is 0. The molecule has 1 aromatic heterocycles. The van der Waals surface area contributed by atoms with Crippen molar-refractivity contribution in [1.82, 2.24) is 4.90 Å². The SMILES string of the molecule is O=C(CN1C(=O)S/C(=C\c2ccc(-c3ccccc3C(=O)O)o2)C1=O)Nc1ccccc1Br. The first kappa shape index (κ1) is 22.6.